The van der Waals surface area contributed by atoms with Crippen molar-refractivity contribution in [3.63, 3.8) is 0 Å². The van der Waals surface area contributed by atoms with Gasteiger partial charge in [-0.1, -0.05) is 11.3 Å². The number of ether oxygens (including phenoxy) is 1. The van der Waals surface area contributed by atoms with Gasteiger partial charge in [0.05, 0.1) is 19.9 Å². The van der Waals surface area contributed by atoms with E-state index in [1.54, 1.807) is 4.68 Å². The largest absolute Gasteiger partial charge is 0.464 e. The van der Waals surface area contributed by atoms with E-state index in [1.807, 2.05) is 24.4 Å². The Balaban J connectivity index is 1.50. The van der Waals surface area contributed by atoms with Gasteiger partial charge in [-0.2, -0.15) is 0 Å². The smallest absolute Gasteiger partial charge is 0.358 e. The molecule has 0 aromatic carbocycles. The third-order valence-corrected chi connectivity index (χ3v) is 3.99. The standard InChI is InChI=1S/C15H20N6O2/c1-23-15(22)13-12-17-18-21(13)11-8-19-6-9-20(10-7-19)14-4-2-3-5-16-14/h2-5,12H,6-11H2,1H3. The summed E-state index contributed by atoms with van der Waals surface area (Å²) in [6, 6.07) is 5.97. The van der Waals surface area contributed by atoms with Crippen molar-refractivity contribution in [3.8, 4) is 0 Å². The normalized spacial score (nSPS) is 15.6. The van der Waals surface area contributed by atoms with Gasteiger partial charge in [0.25, 0.3) is 0 Å². The molecule has 1 aliphatic heterocycles. The summed E-state index contributed by atoms with van der Waals surface area (Å²) in [5.74, 6) is 0.617. The summed E-state index contributed by atoms with van der Waals surface area (Å²) in [5.41, 5.74) is 0.389. The third kappa shape index (κ3) is 3.65. The molecule has 0 amide bonds. The van der Waals surface area contributed by atoms with Gasteiger partial charge in [0.15, 0.2) is 5.69 Å². The maximum atomic E-state index is 11.6. The fraction of sp³-hybridized carbons (Fsp3) is 0.467. The summed E-state index contributed by atoms with van der Waals surface area (Å²) in [4.78, 5) is 20.6. The fourth-order valence-electron chi connectivity index (χ4n) is 2.66. The number of methoxy groups -OCH3 is 1. The minimum Gasteiger partial charge on any atom is -0.464 e. The predicted octanol–water partition coefficient (Wildman–Crippen LogP) is 0.282. The van der Waals surface area contributed by atoms with Gasteiger partial charge in [-0.3, -0.25) is 4.90 Å². The van der Waals surface area contributed by atoms with Crippen LogP contribution in [0, 0.1) is 0 Å². The number of anilines is 1. The molecule has 0 N–H and O–H groups in total. The van der Waals surface area contributed by atoms with E-state index in [-0.39, 0.29) is 0 Å². The van der Waals surface area contributed by atoms with Gasteiger partial charge in [-0.05, 0) is 12.1 Å². The molecule has 8 heteroatoms. The Hall–Kier alpha value is -2.48. The molecular weight excluding hydrogens is 296 g/mol. The molecule has 1 saturated heterocycles. The Morgan fingerprint density at radius 1 is 1.22 bits per heavy atom. The van der Waals surface area contributed by atoms with Crippen LogP contribution in [0.5, 0.6) is 0 Å². The van der Waals surface area contributed by atoms with Crippen molar-refractivity contribution >= 4 is 11.8 Å². The van der Waals surface area contributed by atoms with Gasteiger partial charge in [0.1, 0.15) is 5.82 Å². The Labute approximate surface area is 134 Å². The van der Waals surface area contributed by atoms with E-state index in [0.717, 1.165) is 38.5 Å². The maximum Gasteiger partial charge on any atom is 0.358 e. The first-order chi connectivity index (χ1) is 11.3. The lowest BCUT2D eigenvalue weighted by molar-refractivity contribution is 0.0585. The lowest BCUT2D eigenvalue weighted by atomic mass is 10.3. The number of hydrogen-bond acceptors (Lipinski definition) is 7. The van der Waals surface area contributed by atoms with Crippen LogP contribution >= 0.6 is 0 Å². The number of pyridine rings is 1. The first kappa shape index (κ1) is 15.4. The van der Waals surface area contributed by atoms with Crippen molar-refractivity contribution in [1.29, 1.82) is 0 Å². The number of carbonyl (C=O) groups is 1. The first-order valence-electron chi connectivity index (χ1n) is 7.63. The predicted molar refractivity (Wildman–Crippen MR) is 84.3 cm³/mol. The molecule has 3 rings (SSSR count). The Morgan fingerprint density at radius 3 is 2.74 bits per heavy atom. The maximum absolute atomic E-state index is 11.6. The minimum atomic E-state index is -0.407. The Morgan fingerprint density at radius 2 is 2.04 bits per heavy atom. The van der Waals surface area contributed by atoms with Crippen LogP contribution in [0.2, 0.25) is 0 Å². The van der Waals surface area contributed by atoms with E-state index in [4.69, 9.17) is 4.74 Å². The molecule has 3 heterocycles. The first-order valence-corrected chi connectivity index (χ1v) is 7.63. The van der Waals surface area contributed by atoms with Crippen molar-refractivity contribution in [2.75, 3.05) is 44.7 Å². The van der Waals surface area contributed by atoms with Crippen molar-refractivity contribution in [3.05, 3.63) is 36.3 Å². The topological polar surface area (TPSA) is 76.4 Å². The highest BCUT2D eigenvalue weighted by Gasteiger charge is 2.19. The molecule has 1 fully saturated rings. The van der Waals surface area contributed by atoms with Gasteiger partial charge in [0.2, 0.25) is 0 Å². The van der Waals surface area contributed by atoms with Crippen molar-refractivity contribution < 1.29 is 9.53 Å². The van der Waals surface area contributed by atoms with Crippen LogP contribution < -0.4 is 4.90 Å². The monoisotopic (exact) mass is 316 g/mol. The molecule has 0 bridgehead atoms. The van der Waals surface area contributed by atoms with Crippen LogP contribution in [-0.4, -0.2) is 70.7 Å². The molecule has 2 aromatic heterocycles. The van der Waals surface area contributed by atoms with E-state index in [1.165, 1.54) is 13.3 Å². The molecule has 0 unspecified atom stereocenters. The van der Waals surface area contributed by atoms with Crippen LogP contribution in [0.15, 0.2) is 30.6 Å². The SMILES string of the molecule is COC(=O)c1cnnn1CCN1CCN(c2ccccn2)CC1. The zero-order valence-corrected chi connectivity index (χ0v) is 13.1. The fourth-order valence-corrected chi connectivity index (χ4v) is 2.66. The summed E-state index contributed by atoms with van der Waals surface area (Å²) >= 11 is 0. The number of hydrogen-bond donors (Lipinski definition) is 0. The van der Waals surface area contributed by atoms with E-state index >= 15 is 0 Å². The lowest BCUT2D eigenvalue weighted by Gasteiger charge is -2.35. The van der Waals surface area contributed by atoms with Crippen LogP contribution in [0.4, 0.5) is 5.82 Å². The number of nitrogens with zero attached hydrogens (tertiary/aromatic N) is 6. The van der Waals surface area contributed by atoms with Gasteiger partial charge in [-0.25, -0.2) is 14.5 Å². The van der Waals surface area contributed by atoms with Gasteiger partial charge in [-0.15, -0.1) is 5.10 Å². The van der Waals surface area contributed by atoms with Crippen LogP contribution in [0.25, 0.3) is 0 Å². The van der Waals surface area contributed by atoms with Gasteiger partial charge in [0, 0.05) is 38.9 Å². The van der Waals surface area contributed by atoms with Crippen molar-refractivity contribution in [2.24, 2.45) is 0 Å². The van der Waals surface area contributed by atoms with Gasteiger partial charge < -0.3 is 9.64 Å². The summed E-state index contributed by atoms with van der Waals surface area (Å²) < 4.78 is 6.32. The molecule has 0 radical (unpaired) electrons. The van der Waals surface area contributed by atoms with Crippen molar-refractivity contribution in [2.45, 2.75) is 6.54 Å². The van der Waals surface area contributed by atoms with E-state index in [0.29, 0.717) is 12.2 Å². The molecule has 0 aliphatic carbocycles. The molecule has 0 atom stereocenters. The molecule has 1 aliphatic rings. The summed E-state index contributed by atoms with van der Waals surface area (Å²) in [5, 5.41) is 7.73. The average Bonchev–Trinajstić information content (AvgIpc) is 3.09. The molecule has 0 saturated carbocycles. The number of aromatic nitrogens is 4. The second kappa shape index (κ2) is 7.19. The lowest BCUT2D eigenvalue weighted by Crippen LogP contribution is -2.47. The Bertz CT molecular complexity index is 636. The number of rotatable bonds is 5. The highest BCUT2D eigenvalue weighted by Crippen LogP contribution is 2.12. The molecule has 2 aromatic rings. The number of carbonyl (C=O) groups excluding carboxylic acids is 1. The van der Waals surface area contributed by atoms with Crippen LogP contribution in [0.3, 0.4) is 0 Å². The molecule has 0 spiro atoms. The third-order valence-electron chi connectivity index (χ3n) is 3.99. The highest BCUT2D eigenvalue weighted by atomic mass is 16.5. The minimum absolute atomic E-state index is 0.389. The van der Waals surface area contributed by atoms with E-state index in [9.17, 15) is 4.79 Å². The van der Waals surface area contributed by atoms with Crippen LogP contribution in [0.1, 0.15) is 10.5 Å². The zero-order chi connectivity index (χ0) is 16.1. The molecule has 122 valence electrons. The second-order valence-corrected chi connectivity index (χ2v) is 5.35. The number of esters is 1. The summed E-state index contributed by atoms with van der Waals surface area (Å²) in [6.07, 6.45) is 3.26. The highest BCUT2D eigenvalue weighted by molar-refractivity contribution is 5.86. The van der Waals surface area contributed by atoms with E-state index < -0.39 is 5.97 Å². The second-order valence-electron chi connectivity index (χ2n) is 5.35. The zero-order valence-electron chi connectivity index (χ0n) is 13.1. The molecule has 8 nitrogen and oxygen atoms in total. The average molecular weight is 316 g/mol. The quantitative estimate of drug-likeness (QED) is 0.733. The van der Waals surface area contributed by atoms with Crippen molar-refractivity contribution in [1.82, 2.24) is 24.9 Å². The summed E-state index contributed by atoms with van der Waals surface area (Å²) in [6.45, 7) is 5.24. The number of piperazine rings is 1. The Kier molecular flexibility index (Phi) is 4.82. The molecule has 23 heavy (non-hydrogen) atoms. The van der Waals surface area contributed by atoms with Crippen LogP contribution in [-0.2, 0) is 11.3 Å². The molecular formula is C15H20N6O2. The van der Waals surface area contributed by atoms with Gasteiger partial charge >= 0.3 is 5.97 Å². The summed E-state index contributed by atoms with van der Waals surface area (Å²) in [7, 11) is 1.36. The van der Waals surface area contributed by atoms with E-state index in [2.05, 4.69) is 25.1 Å².